The molecule has 0 saturated carbocycles. The van der Waals surface area contributed by atoms with Crippen LogP contribution in [0.4, 0.5) is 0 Å². The van der Waals surface area contributed by atoms with Crippen LogP contribution in [0.15, 0.2) is 23.2 Å². The molecule has 0 aliphatic heterocycles. The molecule has 0 unspecified atom stereocenters. The lowest BCUT2D eigenvalue weighted by atomic mass is 10.5. The first-order valence-corrected chi connectivity index (χ1v) is 6.14. The highest BCUT2D eigenvalue weighted by molar-refractivity contribution is 14.1. The van der Waals surface area contributed by atoms with Gasteiger partial charge in [0.25, 0.3) is 0 Å². The fourth-order valence-corrected chi connectivity index (χ4v) is 3.01. The second-order valence-corrected chi connectivity index (χ2v) is 5.46. The Labute approximate surface area is 85.3 Å². The Balaban J connectivity index is 3.30. The maximum Gasteiger partial charge on any atom is 0.180 e. The van der Waals surface area contributed by atoms with E-state index in [0.29, 0.717) is 8.60 Å². The molecule has 0 aliphatic rings. The topological polar surface area (TPSA) is 47.0 Å². The Morgan fingerprint density at radius 1 is 1.58 bits per heavy atom. The second-order valence-electron chi connectivity index (χ2n) is 2.20. The van der Waals surface area contributed by atoms with Gasteiger partial charge >= 0.3 is 0 Å². The Morgan fingerprint density at radius 2 is 2.25 bits per heavy atom. The summed E-state index contributed by atoms with van der Waals surface area (Å²) in [6, 6.07) is 3.21. The summed E-state index contributed by atoms with van der Waals surface area (Å²) >= 11 is 1.92. The van der Waals surface area contributed by atoms with Gasteiger partial charge in [0.2, 0.25) is 0 Å². The quantitative estimate of drug-likeness (QED) is 0.613. The molecule has 0 N–H and O–H groups in total. The summed E-state index contributed by atoms with van der Waals surface area (Å²) in [5.41, 5.74) is 0. The molecule has 0 amide bonds. The van der Waals surface area contributed by atoms with E-state index >= 15 is 0 Å². The van der Waals surface area contributed by atoms with Gasteiger partial charge in [-0.2, -0.15) is 0 Å². The Kier molecular flexibility index (Phi) is 3.05. The monoisotopic (exact) mass is 297 g/mol. The van der Waals surface area contributed by atoms with E-state index in [1.165, 1.54) is 0 Å². The molecule has 66 valence electrons. The first-order valence-electron chi connectivity index (χ1n) is 3.41. The van der Waals surface area contributed by atoms with E-state index in [1.54, 1.807) is 25.3 Å². The van der Waals surface area contributed by atoms with Crippen LogP contribution in [0.1, 0.15) is 6.92 Å². The Morgan fingerprint density at radius 3 is 2.75 bits per heavy atom. The number of hydrogen-bond acceptors (Lipinski definition) is 3. The van der Waals surface area contributed by atoms with Gasteiger partial charge in [0, 0.05) is 6.20 Å². The molecule has 1 aromatic heterocycles. The van der Waals surface area contributed by atoms with Crippen molar-refractivity contribution < 1.29 is 8.42 Å². The van der Waals surface area contributed by atoms with Crippen molar-refractivity contribution in [3.8, 4) is 0 Å². The SMILES string of the molecule is CCS(=O)(=O)c1cccnc1I. The zero-order chi connectivity index (χ0) is 9.19. The second kappa shape index (κ2) is 3.69. The van der Waals surface area contributed by atoms with E-state index < -0.39 is 9.84 Å². The van der Waals surface area contributed by atoms with Crippen molar-refractivity contribution in [1.29, 1.82) is 0 Å². The van der Waals surface area contributed by atoms with Crippen molar-refractivity contribution in [3.63, 3.8) is 0 Å². The lowest BCUT2D eigenvalue weighted by Crippen LogP contribution is -2.06. The summed E-state index contributed by atoms with van der Waals surface area (Å²) in [6.07, 6.45) is 1.58. The van der Waals surface area contributed by atoms with Gasteiger partial charge in [-0.25, -0.2) is 13.4 Å². The predicted octanol–water partition coefficient (Wildman–Crippen LogP) is 1.48. The van der Waals surface area contributed by atoms with E-state index in [1.807, 2.05) is 22.6 Å². The van der Waals surface area contributed by atoms with Crippen LogP contribution in [-0.2, 0) is 9.84 Å². The fraction of sp³-hybridized carbons (Fsp3) is 0.286. The van der Waals surface area contributed by atoms with Gasteiger partial charge in [-0.1, -0.05) is 6.92 Å². The van der Waals surface area contributed by atoms with Gasteiger partial charge in [0.1, 0.15) is 3.70 Å². The first-order chi connectivity index (χ1) is 5.58. The number of halogens is 1. The molecule has 1 rings (SSSR count). The normalized spacial score (nSPS) is 11.5. The number of rotatable bonds is 2. The number of hydrogen-bond donors (Lipinski definition) is 0. The molecular weight excluding hydrogens is 289 g/mol. The third-order valence-corrected chi connectivity index (χ3v) is 4.43. The summed E-state index contributed by atoms with van der Waals surface area (Å²) in [7, 11) is -3.10. The Hall–Kier alpha value is -0.170. The van der Waals surface area contributed by atoms with Crippen molar-refractivity contribution in [2.24, 2.45) is 0 Å². The maximum atomic E-state index is 11.4. The molecular formula is C7H8INO2S. The molecule has 3 nitrogen and oxygen atoms in total. The van der Waals surface area contributed by atoms with Crippen LogP contribution in [0.5, 0.6) is 0 Å². The highest BCUT2D eigenvalue weighted by Crippen LogP contribution is 2.15. The van der Waals surface area contributed by atoms with Gasteiger partial charge in [0.05, 0.1) is 10.6 Å². The van der Waals surface area contributed by atoms with Crippen molar-refractivity contribution in [1.82, 2.24) is 4.98 Å². The average molecular weight is 297 g/mol. The molecule has 0 atom stereocenters. The van der Waals surface area contributed by atoms with Crippen molar-refractivity contribution in [2.45, 2.75) is 11.8 Å². The first kappa shape index (κ1) is 9.91. The molecule has 12 heavy (non-hydrogen) atoms. The molecule has 0 saturated heterocycles. The van der Waals surface area contributed by atoms with Crippen molar-refractivity contribution in [2.75, 3.05) is 5.75 Å². The number of nitrogens with zero attached hydrogens (tertiary/aromatic N) is 1. The standard InChI is InChI=1S/C7H8INO2S/c1-2-12(10,11)6-4-3-5-9-7(6)8/h3-5H,2H2,1H3. The molecule has 0 aliphatic carbocycles. The summed E-state index contributed by atoms with van der Waals surface area (Å²) in [5.74, 6) is 0.120. The highest BCUT2D eigenvalue weighted by atomic mass is 127. The summed E-state index contributed by atoms with van der Waals surface area (Å²) in [4.78, 5) is 4.23. The fourth-order valence-electron chi connectivity index (χ4n) is 0.759. The Bertz CT molecular complexity index is 375. The lowest BCUT2D eigenvalue weighted by molar-refractivity contribution is 0.596. The highest BCUT2D eigenvalue weighted by Gasteiger charge is 2.14. The van der Waals surface area contributed by atoms with Crippen LogP contribution < -0.4 is 0 Å². The van der Waals surface area contributed by atoms with Crippen LogP contribution in [0.3, 0.4) is 0 Å². The predicted molar refractivity (Wildman–Crippen MR) is 54.7 cm³/mol. The van der Waals surface area contributed by atoms with Crippen LogP contribution in [0.2, 0.25) is 0 Å². The smallest absolute Gasteiger partial charge is 0.180 e. The third kappa shape index (κ3) is 1.95. The van der Waals surface area contributed by atoms with Gasteiger partial charge in [-0.3, -0.25) is 0 Å². The van der Waals surface area contributed by atoms with Crippen LogP contribution in [-0.4, -0.2) is 19.2 Å². The molecule has 0 bridgehead atoms. The molecule has 0 fully saturated rings. The largest absolute Gasteiger partial charge is 0.249 e. The van der Waals surface area contributed by atoms with Gasteiger partial charge in [0.15, 0.2) is 9.84 Å². The maximum absolute atomic E-state index is 11.4. The van der Waals surface area contributed by atoms with E-state index in [2.05, 4.69) is 4.98 Å². The van der Waals surface area contributed by atoms with Crippen molar-refractivity contribution in [3.05, 3.63) is 22.0 Å². The third-order valence-electron chi connectivity index (χ3n) is 1.44. The van der Waals surface area contributed by atoms with E-state index in [0.717, 1.165) is 0 Å². The van der Waals surface area contributed by atoms with Crippen molar-refractivity contribution >= 4 is 32.4 Å². The van der Waals surface area contributed by atoms with Crippen LogP contribution in [0, 0.1) is 3.70 Å². The lowest BCUT2D eigenvalue weighted by Gasteiger charge is -2.01. The number of pyridine rings is 1. The van der Waals surface area contributed by atoms with Gasteiger partial charge in [-0.15, -0.1) is 0 Å². The molecule has 0 radical (unpaired) electrons. The molecule has 1 heterocycles. The number of sulfone groups is 1. The van der Waals surface area contributed by atoms with E-state index in [9.17, 15) is 8.42 Å². The molecule has 5 heteroatoms. The average Bonchev–Trinajstić information content (AvgIpc) is 2.05. The van der Waals surface area contributed by atoms with Gasteiger partial charge in [-0.05, 0) is 34.7 Å². The summed E-state index contributed by atoms with van der Waals surface area (Å²) in [5, 5.41) is 0. The number of aromatic nitrogens is 1. The molecule has 0 spiro atoms. The van der Waals surface area contributed by atoms with E-state index in [-0.39, 0.29) is 5.75 Å². The summed E-state index contributed by atoms with van der Waals surface area (Å²) < 4.78 is 23.3. The van der Waals surface area contributed by atoms with Crippen LogP contribution >= 0.6 is 22.6 Å². The molecule has 1 aromatic rings. The van der Waals surface area contributed by atoms with E-state index in [4.69, 9.17) is 0 Å². The zero-order valence-corrected chi connectivity index (χ0v) is 9.46. The minimum atomic E-state index is -3.10. The van der Waals surface area contributed by atoms with Gasteiger partial charge < -0.3 is 0 Å². The molecule has 0 aromatic carbocycles. The van der Waals surface area contributed by atoms with Crippen LogP contribution in [0.25, 0.3) is 0 Å². The zero-order valence-electron chi connectivity index (χ0n) is 6.49. The minimum Gasteiger partial charge on any atom is -0.249 e. The minimum absolute atomic E-state index is 0.120. The summed E-state index contributed by atoms with van der Waals surface area (Å²) in [6.45, 7) is 1.62.